The quantitative estimate of drug-likeness (QED) is 0.832. The average Bonchev–Trinajstić information content (AvgIpc) is 2.50. The Hall–Kier alpha value is -1.31. The van der Waals surface area contributed by atoms with Crippen molar-refractivity contribution in [2.45, 2.75) is 6.92 Å². The minimum atomic E-state index is -0.225. The van der Waals surface area contributed by atoms with Crippen LogP contribution in [-0.4, -0.2) is 57.4 Å². The van der Waals surface area contributed by atoms with Gasteiger partial charge in [0.15, 0.2) is 0 Å². The van der Waals surface area contributed by atoms with Gasteiger partial charge in [0.1, 0.15) is 5.75 Å². The number of urea groups is 1. The molecule has 0 bridgehead atoms. The standard InChI is InChI=1S/C15H22BrN3O3/c1-11-9-12(16)10-13(21-2)14(11)18-15(20)17-3-4-19-5-7-22-8-6-19/h9-10H,3-8H2,1-2H3,(H2,17,18,20). The lowest BCUT2D eigenvalue weighted by Gasteiger charge is -2.26. The fraction of sp³-hybridized carbons (Fsp3) is 0.533. The minimum Gasteiger partial charge on any atom is -0.495 e. The van der Waals surface area contributed by atoms with Crippen molar-refractivity contribution in [2.24, 2.45) is 0 Å². The molecule has 0 unspecified atom stereocenters. The highest BCUT2D eigenvalue weighted by Gasteiger charge is 2.13. The molecule has 1 aliphatic rings. The smallest absolute Gasteiger partial charge is 0.319 e. The predicted molar refractivity (Wildman–Crippen MR) is 89.7 cm³/mol. The van der Waals surface area contributed by atoms with Gasteiger partial charge in [-0.05, 0) is 24.6 Å². The summed E-state index contributed by atoms with van der Waals surface area (Å²) in [6.07, 6.45) is 0. The van der Waals surface area contributed by atoms with Crippen molar-refractivity contribution in [3.8, 4) is 5.75 Å². The number of benzene rings is 1. The van der Waals surface area contributed by atoms with Crippen LogP contribution in [0.3, 0.4) is 0 Å². The number of carbonyl (C=O) groups is 1. The fourth-order valence-corrected chi connectivity index (χ4v) is 2.89. The highest BCUT2D eigenvalue weighted by atomic mass is 79.9. The minimum absolute atomic E-state index is 0.225. The molecule has 1 aromatic carbocycles. The van der Waals surface area contributed by atoms with Gasteiger partial charge in [0, 0.05) is 30.7 Å². The number of ether oxygens (including phenoxy) is 2. The van der Waals surface area contributed by atoms with Crippen molar-refractivity contribution in [3.63, 3.8) is 0 Å². The summed E-state index contributed by atoms with van der Waals surface area (Å²) in [7, 11) is 1.59. The van der Waals surface area contributed by atoms with Gasteiger partial charge in [-0.25, -0.2) is 4.79 Å². The molecule has 0 atom stereocenters. The normalized spacial score (nSPS) is 15.4. The van der Waals surface area contributed by atoms with E-state index in [9.17, 15) is 4.79 Å². The summed E-state index contributed by atoms with van der Waals surface area (Å²) in [5.41, 5.74) is 1.63. The molecule has 7 heteroatoms. The third kappa shape index (κ3) is 4.86. The zero-order valence-corrected chi connectivity index (χ0v) is 14.5. The van der Waals surface area contributed by atoms with Crippen LogP contribution in [0.5, 0.6) is 5.75 Å². The monoisotopic (exact) mass is 371 g/mol. The van der Waals surface area contributed by atoms with Gasteiger partial charge in [-0.2, -0.15) is 0 Å². The molecule has 2 rings (SSSR count). The number of aryl methyl sites for hydroxylation is 1. The van der Waals surface area contributed by atoms with Crippen molar-refractivity contribution in [3.05, 3.63) is 22.2 Å². The van der Waals surface area contributed by atoms with E-state index >= 15 is 0 Å². The number of nitrogens with one attached hydrogen (secondary N) is 2. The molecular formula is C15H22BrN3O3. The summed E-state index contributed by atoms with van der Waals surface area (Å²) in [6.45, 7) is 6.72. The zero-order chi connectivity index (χ0) is 15.9. The first-order valence-corrected chi connectivity index (χ1v) is 8.08. The van der Waals surface area contributed by atoms with Crippen molar-refractivity contribution in [1.29, 1.82) is 0 Å². The number of hydrogen-bond donors (Lipinski definition) is 2. The lowest BCUT2D eigenvalue weighted by molar-refractivity contribution is 0.0388. The topological polar surface area (TPSA) is 62.8 Å². The maximum Gasteiger partial charge on any atom is 0.319 e. The van der Waals surface area contributed by atoms with E-state index in [1.54, 1.807) is 7.11 Å². The van der Waals surface area contributed by atoms with Crippen LogP contribution in [-0.2, 0) is 4.74 Å². The van der Waals surface area contributed by atoms with Gasteiger partial charge < -0.3 is 20.1 Å². The Kier molecular flexibility index (Phi) is 6.48. The van der Waals surface area contributed by atoms with Gasteiger partial charge in [-0.3, -0.25) is 4.90 Å². The average molecular weight is 372 g/mol. The molecule has 6 nitrogen and oxygen atoms in total. The second-order valence-corrected chi connectivity index (χ2v) is 6.05. The maximum atomic E-state index is 12.0. The molecule has 1 heterocycles. The Labute approximate surface area is 139 Å². The molecule has 122 valence electrons. The third-order valence-electron chi connectivity index (χ3n) is 3.54. The number of hydrogen-bond acceptors (Lipinski definition) is 4. The first kappa shape index (κ1) is 17.1. The highest BCUT2D eigenvalue weighted by molar-refractivity contribution is 9.10. The van der Waals surface area contributed by atoms with E-state index in [1.807, 2.05) is 19.1 Å². The number of anilines is 1. The van der Waals surface area contributed by atoms with Crippen LogP contribution in [0.25, 0.3) is 0 Å². The maximum absolute atomic E-state index is 12.0. The highest BCUT2D eigenvalue weighted by Crippen LogP contribution is 2.31. The van der Waals surface area contributed by atoms with E-state index < -0.39 is 0 Å². The largest absolute Gasteiger partial charge is 0.495 e. The summed E-state index contributed by atoms with van der Waals surface area (Å²) < 4.78 is 11.5. The number of halogens is 1. The Morgan fingerprint density at radius 1 is 1.41 bits per heavy atom. The molecule has 2 N–H and O–H groups in total. The molecule has 2 amide bonds. The van der Waals surface area contributed by atoms with Crippen LogP contribution in [0.15, 0.2) is 16.6 Å². The van der Waals surface area contributed by atoms with Gasteiger partial charge in [0.2, 0.25) is 0 Å². The molecule has 0 spiro atoms. The Morgan fingerprint density at radius 3 is 2.82 bits per heavy atom. The molecule has 0 aliphatic carbocycles. The van der Waals surface area contributed by atoms with E-state index in [4.69, 9.17) is 9.47 Å². The van der Waals surface area contributed by atoms with Crippen LogP contribution in [0, 0.1) is 6.92 Å². The molecule has 0 saturated carbocycles. The van der Waals surface area contributed by atoms with Crippen LogP contribution in [0.1, 0.15) is 5.56 Å². The summed E-state index contributed by atoms with van der Waals surface area (Å²) >= 11 is 3.42. The second kappa shape index (κ2) is 8.36. The van der Waals surface area contributed by atoms with E-state index in [-0.39, 0.29) is 6.03 Å². The lowest BCUT2D eigenvalue weighted by atomic mass is 10.2. The number of amides is 2. The Bertz CT molecular complexity index is 519. The molecule has 22 heavy (non-hydrogen) atoms. The van der Waals surface area contributed by atoms with Gasteiger partial charge in [0.25, 0.3) is 0 Å². The molecule has 1 aliphatic heterocycles. The Balaban J connectivity index is 1.84. The fourth-order valence-electron chi connectivity index (χ4n) is 2.34. The number of rotatable bonds is 5. The van der Waals surface area contributed by atoms with Gasteiger partial charge in [-0.1, -0.05) is 15.9 Å². The van der Waals surface area contributed by atoms with Crippen LogP contribution in [0.2, 0.25) is 0 Å². The van der Waals surface area contributed by atoms with E-state index in [0.29, 0.717) is 18.0 Å². The number of morpholine rings is 1. The molecule has 1 fully saturated rings. The van der Waals surface area contributed by atoms with Crippen LogP contribution < -0.4 is 15.4 Å². The lowest BCUT2D eigenvalue weighted by Crippen LogP contribution is -2.42. The number of carbonyl (C=O) groups excluding carboxylic acids is 1. The SMILES string of the molecule is COc1cc(Br)cc(C)c1NC(=O)NCCN1CCOCC1. The van der Waals surface area contributed by atoms with E-state index in [1.165, 1.54) is 0 Å². The van der Waals surface area contributed by atoms with E-state index in [2.05, 4.69) is 31.5 Å². The van der Waals surface area contributed by atoms with Crippen LogP contribution in [0.4, 0.5) is 10.5 Å². The molecular weight excluding hydrogens is 350 g/mol. The van der Waals surface area contributed by atoms with Crippen LogP contribution >= 0.6 is 15.9 Å². The number of nitrogens with zero attached hydrogens (tertiary/aromatic N) is 1. The molecule has 1 saturated heterocycles. The molecule has 0 aromatic heterocycles. The molecule has 0 radical (unpaired) electrons. The first-order chi connectivity index (χ1) is 10.6. The van der Waals surface area contributed by atoms with Gasteiger partial charge in [-0.15, -0.1) is 0 Å². The van der Waals surface area contributed by atoms with Crippen molar-refractivity contribution < 1.29 is 14.3 Å². The van der Waals surface area contributed by atoms with Crippen molar-refractivity contribution >= 4 is 27.6 Å². The van der Waals surface area contributed by atoms with Crippen molar-refractivity contribution in [1.82, 2.24) is 10.2 Å². The zero-order valence-electron chi connectivity index (χ0n) is 12.9. The van der Waals surface area contributed by atoms with E-state index in [0.717, 1.165) is 42.9 Å². The number of methoxy groups -OCH3 is 1. The molecule has 1 aromatic rings. The summed E-state index contributed by atoms with van der Waals surface area (Å²) in [5.74, 6) is 0.634. The summed E-state index contributed by atoms with van der Waals surface area (Å²) in [4.78, 5) is 14.3. The summed E-state index contributed by atoms with van der Waals surface area (Å²) in [5, 5.41) is 5.73. The first-order valence-electron chi connectivity index (χ1n) is 7.29. The second-order valence-electron chi connectivity index (χ2n) is 5.13. The predicted octanol–water partition coefficient (Wildman–Crippen LogP) is 2.22. The third-order valence-corrected chi connectivity index (χ3v) is 4.00. The Morgan fingerprint density at radius 2 is 2.14 bits per heavy atom. The van der Waals surface area contributed by atoms with Gasteiger partial charge >= 0.3 is 6.03 Å². The van der Waals surface area contributed by atoms with Gasteiger partial charge in [0.05, 0.1) is 26.0 Å². The van der Waals surface area contributed by atoms with Crippen molar-refractivity contribution in [2.75, 3.05) is 51.8 Å². The summed E-state index contributed by atoms with van der Waals surface area (Å²) in [6, 6.07) is 3.54.